The molecule has 0 fully saturated rings. The second-order valence-electron chi connectivity index (χ2n) is 4.00. The summed E-state index contributed by atoms with van der Waals surface area (Å²) in [5.74, 6) is 0.621. The van der Waals surface area contributed by atoms with Gasteiger partial charge in [-0.25, -0.2) is 9.89 Å². The van der Waals surface area contributed by atoms with Crippen LogP contribution in [-0.2, 0) is 6.54 Å². The van der Waals surface area contributed by atoms with Crippen LogP contribution in [-0.4, -0.2) is 19.8 Å². The van der Waals surface area contributed by atoms with E-state index >= 15 is 0 Å². The Balaban J connectivity index is 1.81. The Labute approximate surface area is 116 Å². The first kappa shape index (κ1) is 11.9. The standard InChI is InChI=1S/C12H10BrN5O/c13-9-3-1-2-8(6-9)7-14-10-4-5-11-15-16-12(19)18(11)17-10/h1-6H,7H2,(H,14,17)(H,16,19). The first-order valence-electron chi connectivity index (χ1n) is 5.65. The Morgan fingerprint density at radius 2 is 2.21 bits per heavy atom. The Bertz CT molecular complexity index is 779. The molecule has 3 aromatic rings. The third-order valence-corrected chi connectivity index (χ3v) is 3.13. The van der Waals surface area contributed by atoms with E-state index in [-0.39, 0.29) is 5.69 Å². The van der Waals surface area contributed by atoms with Crippen LogP contribution in [0.4, 0.5) is 5.82 Å². The smallest absolute Gasteiger partial charge is 0.364 e. The van der Waals surface area contributed by atoms with E-state index in [0.29, 0.717) is 18.0 Å². The van der Waals surface area contributed by atoms with Crippen molar-refractivity contribution in [3.8, 4) is 0 Å². The minimum atomic E-state index is -0.346. The van der Waals surface area contributed by atoms with Crippen molar-refractivity contribution >= 4 is 27.4 Å². The topological polar surface area (TPSA) is 75.1 Å². The van der Waals surface area contributed by atoms with Gasteiger partial charge in [-0.1, -0.05) is 28.1 Å². The van der Waals surface area contributed by atoms with E-state index in [0.717, 1.165) is 10.0 Å². The Hall–Kier alpha value is -2.15. The van der Waals surface area contributed by atoms with Crippen LogP contribution >= 0.6 is 15.9 Å². The summed E-state index contributed by atoms with van der Waals surface area (Å²) in [6.07, 6.45) is 0. The van der Waals surface area contributed by atoms with Crippen LogP contribution in [0.5, 0.6) is 0 Å². The summed E-state index contributed by atoms with van der Waals surface area (Å²) in [6.45, 7) is 0.630. The van der Waals surface area contributed by atoms with E-state index in [4.69, 9.17) is 0 Å². The molecule has 2 heterocycles. The van der Waals surface area contributed by atoms with Gasteiger partial charge in [-0.2, -0.15) is 9.61 Å². The fraction of sp³-hybridized carbons (Fsp3) is 0.0833. The SMILES string of the molecule is O=c1[nH]nc2ccc(NCc3cccc(Br)c3)nn12. The molecule has 2 N–H and O–H groups in total. The maximum atomic E-state index is 11.4. The van der Waals surface area contributed by atoms with Gasteiger partial charge in [0.2, 0.25) is 0 Å². The van der Waals surface area contributed by atoms with E-state index in [1.807, 2.05) is 24.3 Å². The number of fused-ring (bicyclic) bond motifs is 1. The van der Waals surface area contributed by atoms with E-state index in [2.05, 4.69) is 36.5 Å². The van der Waals surface area contributed by atoms with Crippen molar-refractivity contribution in [2.24, 2.45) is 0 Å². The highest BCUT2D eigenvalue weighted by molar-refractivity contribution is 9.10. The van der Waals surface area contributed by atoms with Gasteiger partial charge in [0.25, 0.3) is 0 Å². The molecule has 0 saturated heterocycles. The molecule has 0 aliphatic rings. The van der Waals surface area contributed by atoms with Gasteiger partial charge in [0.15, 0.2) is 5.65 Å². The molecule has 0 atom stereocenters. The second kappa shape index (κ2) is 4.85. The molecule has 0 aliphatic heterocycles. The first-order chi connectivity index (χ1) is 9.22. The van der Waals surface area contributed by atoms with E-state index in [1.54, 1.807) is 12.1 Å². The molecule has 0 unspecified atom stereocenters. The number of H-pyrrole nitrogens is 1. The van der Waals surface area contributed by atoms with Gasteiger partial charge in [-0.15, -0.1) is 5.10 Å². The zero-order valence-electron chi connectivity index (χ0n) is 9.80. The minimum absolute atomic E-state index is 0.346. The van der Waals surface area contributed by atoms with Crippen molar-refractivity contribution in [3.05, 3.63) is 56.9 Å². The summed E-state index contributed by atoms with van der Waals surface area (Å²) in [7, 11) is 0. The quantitative estimate of drug-likeness (QED) is 0.771. The molecule has 96 valence electrons. The van der Waals surface area contributed by atoms with Gasteiger partial charge in [0.05, 0.1) is 0 Å². The molecule has 19 heavy (non-hydrogen) atoms. The Kier molecular flexibility index (Phi) is 3.04. The lowest BCUT2D eigenvalue weighted by Gasteiger charge is -2.05. The van der Waals surface area contributed by atoms with Crippen LogP contribution in [0, 0.1) is 0 Å². The third kappa shape index (κ3) is 2.50. The zero-order valence-corrected chi connectivity index (χ0v) is 11.4. The molecular weight excluding hydrogens is 310 g/mol. The molecule has 3 rings (SSSR count). The highest BCUT2D eigenvalue weighted by atomic mass is 79.9. The summed E-state index contributed by atoms with van der Waals surface area (Å²) < 4.78 is 2.25. The second-order valence-corrected chi connectivity index (χ2v) is 4.92. The number of aromatic amines is 1. The van der Waals surface area contributed by atoms with Crippen LogP contribution in [0.3, 0.4) is 0 Å². The fourth-order valence-corrected chi connectivity index (χ4v) is 2.18. The number of aromatic nitrogens is 4. The third-order valence-electron chi connectivity index (χ3n) is 2.64. The van der Waals surface area contributed by atoms with Gasteiger partial charge in [-0.05, 0) is 29.8 Å². The molecule has 6 nitrogen and oxygen atoms in total. The lowest BCUT2D eigenvalue weighted by Crippen LogP contribution is -2.13. The lowest BCUT2D eigenvalue weighted by atomic mass is 10.2. The van der Waals surface area contributed by atoms with E-state index in [1.165, 1.54) is 4.52 Å². The largest absolute Gasteiger partial charge is 0.365 e. The Morgan fingerprint density at radius 3 is 3.05 bits per heavy atom. The number of rotatable bonds is 3. The number of benzene rings is 1. The average molecular weight is 320 g/mol. The summed E-state index contributed by atoms with van der Waals surface area (Å²) in [5.41, 5.74) is 1.27. The number of halogens is 1. The first-order valence-corrected chi connectivity index (χ1v) is 6.44. The predicted molar refractivity (Wildman–Crippen MR) is 75.1 cm³/mol. The lowest BCUT2D eigenvalue weighted by molar-refractivity contribution is 0.875. The van der Waals surface area contributed by atoms with Crippen molar-refractivity contribution in [1.29, 1.82) is 0 Å². The highest BCUT2D eigenvalue weighted by Crippen LogP contribution is 2.13. The number of nitrogens with zero attached hydrogens (tertiary/aromatic N) is 3. The number of anilines is 1. The summed E-state index contributed by atoms with van der Waals surface area (Å²) in [5, 5.41) is 13.5. The van der Waals surface area contributed by atoms with Gasteiger partial charge >= 0.3 is 5.69 Å². The van der Waals surface area contributed by atoms with Crippen LogP contribution in [0.15, 0.2) is 45.7 Å². The normalized spacial score (nSPS) is 10.8. The maximum absolute atomic E-state index is 11.4. The Morgan fingerprint density at radius 1 is 1.32 bits per heavy atom. The molecule has 0 saturated carbocycles. The van der Waals surface area contributed by atoms with E-state index in [9.17, 15) is 4.79 Å². The van der Waals surface area contributed by atoms with Crippen molar-refractivity contribution in [2.45, 2.75) is 6.54 Å². The van der Waals surface area contributed by atoms with Gasteiger partial charge in [0.1, 0.15) is 5.82 Å². The molecule has 0 spiro atoms. The molecular formula is C12H10BrN5O. The van der Waals surface area contributed by atoms with Crippen molar-refractivity contribution < 1.29 is 0 Å². The van der Waals surface area contributed by atoms with Crippen LogP contribution in [0.25, 0.3) is 5.65 Å². The molecule has 0 amide bonds. The fourth-order valence-electron chi connectivity index (χ4n) is 1.74. The maximum Gasteiger partial charge on any atom is 0.364 e. The summed E-state index contributed by atoms with van der Waals surface area (Å²) in [6, 6.07) is 11.5. The number of nitrogens with one attached hydrogen (secondary N) is 2. The van der Waals surface area contributed by atoms with Gasteiger partial charge in [-0.3, -0.25) is 0 Å². The molecule has 0 aliphatic carbocycles. The predicted octanol–water partition coefficient (Wildman–Crippen LogP) is 1.79. The number of hydrogen-bond donors (Lipinski definition) is 2. The highest BCUT2D eigenvalue weighted by Gasteiger charge is 2.02. The molecule has 7 heteroatoms. The van der Waals surface area contributed by atoms with Gasteiger partial charge in [0, 0.05) is 11.0 Å². The molecule has 1 aromatic carbocycles. The molecule has 0 radical (unpaired) electrons. The number of hydrogen-bond acceptors (Lipinski definition) is 4. The van der Waals surface area contributed by atoms with Crippen LogP contribution < -0.4 is 11.0 Å². The van der Waals surface area contributed by atoms with Crippen LogP contribution in [0.2, 0.25) is 0 Å². The van der Waals surface area contributed by atoms with Crippen LogP contribution in [0.1, 0.15) is 5.56 Å². The minimum Gasteiger partial charge on any atom is -0.365 e. The van der Waals surface area contributed by atoms with Crippen molar-refractivity contribution in [2.75, 3.05) is 5.32 Å². The van der Waals surface area contributed by atoms with E-state index < -0.39 is 0 Å². The molecule has 0 bridgehead atoms. The summed E-state index contributed by atoms with van der Waals surface area (Å²) >= 11 is 3.42. The zero-order chi connectivity index (χ0) is 13.2. The molecule has 2 aromatic heterocycles. The van der Waals surface area contributed by atoms with Crippen molar-refractivity contribution in [3.63, 3.8) is 0 Å². The summed E-state index contributed by atoms with van der Waals surface area (Å²) in [4.78, 5) is 11.4. The monoisotopic (exact) mass is 319 g/mol. The average Bonchev–Trinajstić information content (AvgIpc) is 2.78. The van der Waals surface area contributed by atoms with Gasteiger partial charge < -0.3 is 5.32 Å². The van der Waals surface area contributed by atoms with Crippen molar-refractivity contribution in [1.82, 2.24) is 19.8 Å².